The van der Waals surface area contributed by atoms with Crippen LogP contribution in [0.25, 0.3) is 0 Å². The molecule has 0 bridgehead atoms. The summed E-state index contributed by atoms with van der Waals surface area (Å²) in [6, 6.07) is 12.3. The second kappa shape index (κ2) is 8.86. The van der Waals surface area contributed by atoms with Crippen molar-refractivity contribution in [3.8, 4) is 0 Å². The fourth-order valence-electron chi connectivity index (χ4n) is 3.25. The first kappa shape index (κ1) is 21.2. The summed E-state index contributed by atoms with van der Waals surface area (Å²) < 4.78 is 18.4. The van der Waals surface area contributed by atoms with Gasteiger partial charge in [-0.1, -0.05) is 24.3 Å². The molecule has 3 amide bonds. The van der Waals surface area contributed by atoms with E-state index in [1.165, 1.54) is 31.0 Å². The van der Waals surface area contributed by atoms with Gasteiger partial charge in [0.1, 0.15) is 5.82 Å². The van der Waals surface area contributed by atoms with Gasteiger partial charge in [-0.25, -0.2) is 4.39 Å². The van der Waals surface area contributed by atoms with Gasteiger partial charge in [-0.2, -0.15) is 0 Å². The summed E-state index contributed by atoms with van der Waals surface area (Å²) in [5.41, 5.74) is 1.21. The third-order valence-corrected chi connectivity index (χ3v) is 4.76. The molecule has 0 aromatic heterocycles. The molecular formula is C22H21FN2O5. The molecule has 2 aromatic carbocycles. The summed E-state index contributed by atoms with van der Waals surface area (Å²) in [7, 11) is 1.52. The molecule has 7 nitrogen and oxygen atoms in total. The number of rotatable bonds is 7. The molecule has 0 aliphatic carbocycles. The smallest absolute Gasteiger partial charge is 0.308 e. The SMILES string of the molecule is C[C@@H](OC(=O)CCN1C(=O)c2ccccc2C1=O)C(=O)N(C)Cc1cccc(F)c1. The predicted molar refractivity (Wildman–Crippen MR) is 105 cm³/mol. The van der Waals surface area contributed by atoms with Crippen LogP contribution in [0.2, 0.25) is 0 Å². The van der Waals surface area contributed by atoms with E-state index in [4.69, 9.17) is 4.74 Å². The molecule has 1 heterocycles. The van der Waals surface area contributed by atoms with Crippen LogP contribution in [0.15, 0.2) is 48.5 Å². The van der Waals surface area contributed by atoms with Gasteiger partial charge in [-0.15, -0.1) is 0 Å². The lowest BCUT2D eigenvalue weighted by Gasteiger charge is -2.22. The van der Waals surface area contributed by atoms with Crippen molar-refractivity contribution >= 4 is 23.7 Å². The van der Waals surface area contributed by atoms with E-state index >= 15 is 0 Å². The normalized spacial score (nSPS) is 13.8. The monoisotopic (exact) mass is 412 g/mol. The lowest BCUT2D eigenvalue weighted by Crippen LogP contribution is -2.38. The van der Waals surface area contributed by atoms with Crippen LogP contribution in [-0.4, -0.2) is 53.2 Å². The molecule has 30 heavy (non-hydrogen) atoms. The van der Waals surface area contributed by atoms with Gasteiger partial charge in [0, 0.05) is 20.1 Å². The first-order valence-electron chi connectivity index (χ1n) is 9.42. The third kappa shape index (κ3) is 4.53. The molecule has 8 heteroatoms. The zero-order valence-corrected chi connectivity index (χ0v) is 16.6. The number of imide groups is 1. The number of ether oxygens (including phenoxy) is 1. The van der Waals surface area contributed by atoms with Crippen molar-refractivity contribution in [2.45, 2.75) is 26.0 Å². The van der Waals surface area contributed by atoms with Gasteiger partial charge in [0.25, 0.3) is 17.7 Å². The highest BCUT2D eigenvalue weighted by atomic mass is 19.1. The molecule has 1 aliphatic rings. The number of amides is 3. The molecule has 0 N–H and O–H groups in total. The van der Waals surface area contributed by atoms with Crippen LogP contribution in [0.5, 0.6) is 0 Å². The molecule has 0 unspecified atom stereocenters. The molecule has 1 atom stereocenters. The van der Waals surface area contributed by atoms with E-state index < -0.39 is 35.6 Å². The summed E-state index contributed by atoms with van der Waals surface area (Å²) in [6.07, 6.45) is -1.28. The molecule has 0 spiro atoms. The number of benzene rings is 2. The van der Waals surface area contributed by atoms with E-state index in [1.807, 2.05) is 0 Å². The highest BCUT2D eigenvalue weighted by Crippen LogP contribution is 2.22. The van der Waals surface area contributed by atoms with Crippen molar-refractivity contribution in [3.05, 3.63) is 71.0 Å². The molecule has 156 valence electrons. The standard InChI is InChI=1S/C22H21FN2O5/c1-14(20(27)24(2)13-15-6-5-7-16(23)12-15)30-19(26)10-11-25-21(28)17-8-3-4-9-18(17)22(25)29/h3-9,12,14H,10-11,13H2,1-2H3/t14-/m1/s1. The maximum Gasteiger partial charge on any atom is 0.308 e. The lowest BCUT2D eigenvalue weighted by atomic mass is 10.1. The van der Waals surface area contributed by atoms with E-state index in [-0.39, 0.29) is 19.5 Å². The summed E-state index contributed by atoms with van der Waals surface area (Å²) in [6.45, 7) is 1.46. The van der Waals surface area contributed by atoms with Crippen LogP contribution in [0.1, 0.15) is 39.6 Å². The topological polar surface area (TPSA) is 84.0 Å². The number of carbonyl (C=O) groups is 4. The number of nitrogens with zero attached hydrogens (tertiary/aromatic N) is 2. The molecule has 3 rings (SSSR count). The minimum absolute atomic E-state index is 0.134. The number of likely N-dealkylation sites (N-methyl/N-ethyl adjacent to an activating group) is 1. The van der Waals surface area contributed by atoms with Gasteiger partial charge in [0.2, 0.25) is 0 Å². The van der Waals surface area contributed by atoms with Gasteiger partial charge in [0.05, 0.1) is 17.5 Å². The second-order valence-electron chi connectivity index (χ2n) is 7.01. The maximum atomic E-state index is 13.3. The fourth-order valence-corrected chi connectivity index (χ4v) is 3.25. The van der Waals surface area contributed by atoms with Gasteiger partial charge in [-0.3, -0.25) is 24.1 Å². The molecule has 0 fully saturated rings. The molecule has 0 saturated carbocycles. The second-order valence-corrected chi connectivity index (χ2v) is 7.01. The molecule has 2 aromatic rings. The Morgan fingerprint density at radius 3 is 2.30 bits per heavy atom. The Bertz CT molecular complexity index is 972. The first-order valence-corrected chi connectivity index (χ1v) is 9.42. The Balaban J connectivity index is 1.50. The summed E-state index contributed by atoms with van der Waals surface area (Å²) in [4.78, 5) is 51.5. The number of hydrogen-bond donors (Lipinski definition) is 0. The Kier molecular flexibility index (Phi) is 6.25. The minimum atomic E-state index is -1.06. The van der Waals surface area contributed by atoms with E-state index in [2.05, 4.69) is 0 Å². The summed E-state index contributed by atoms with van der Waals surface area (Å²) in [5.74, 6) is -2.47. The van der Waals surface area contributed by atoms with Gasteiger partial charge in [0.15, 0.2) is 6.10 Å². The average Bonchev–Trinajstić information content (AvgIpc) is 2.96. The van der Waals surface area contributed by atoms with Crippen molar-refractivity contribution in [1.29, 1.82) is 0 Å². The third-order valence-electron chi connectivity index (χ3n) is 4.76. The minimum Gasteiger partial charge on any atom is -0.452 e. The van der Waals surface area contributed by atoms with Crippen LogP contribution in [-0.2, 0) is 20.9 Å². The van der Waals surface area contributed by atoms with E-state index in [9.17, 15) is 23.6 Å². The molecule has 0 saturated heterocycles. The Morgan fingerprint density at radius 1 is 1.07 bits per heavy atom. The van der Waals surface area contributed by atoms with Crippen molar-refractivity contribution in [1.82, 2.24) is 9.80 Å². The Morgan fingerprint density at radius 2 is 1.70 bits per heavy atom. The fraction of sp³-hybridized carbons (Fsp3) is 0.273. The number of carbonyl (C=O) groups excluding carboxylic acids is 4. The zero-order valence-electron chi connectivity index (χ0n) is 16.6. The van der Waals surface area contributed by atoms with Crippen molar-refractivity contribution in [2.24, 2.45) is 0 Å². The largest absolute Gasteiger partial charge is 0.452 e. The number of hydrogen-bond acceptors (Lipinski definition) is 5. The van der Waals surface area contributed by atoms with E-state index in [1.54, 1.807) is 36.4 Å². The van der Waals surface area contributed by atoms with Crippen LogP contribution in [0.4, 0.5) is 4.39 Å². The Labute approximate surface area is 173 Å². The molecule has 0 radical (unpaired) electrons. The summed E-state index contributed by atoms with van der Waals surface area (Å²) >= 11 is 0. The van der Waals surface area contributed by atoms with E-state index in [0.717, 1.165) is 4.90 Å². The van der Waals surface area contributed by atoms with Crippen molar-refractivity contribution in [3.63, 3.8) is 0 Å². The first-order chi connectivity index (χ1) is 14.3. The molecular weight excluding hydrogens is 391 g/mol. The van der Waals surface area contributed by atoms with Crippen molar-refractivity contribution < 1.29 is 28.3 Å². The van der Waals surface area contributed by atoms with Crippen molar-refractivity contribution in [2.75, 3.05) is 13.6 Å². The average molecular weight is 412 g/mol. The van der Waals surface area contributed by atoms with Gasteiger partial charge < -0.3 is 9.64 Å². The van der Waals surface area contributed by atoms with Gasteiger partial charge >= 0.3 is 5.97 Å². The van der Waals surface area contributed by atoms with Crippen LogP contribution >= 0.6 is 0 Å². The van der Waals surface area contributed by atoms with E-state index in [0.29, 0.717) is 16.7 Å². The predicted octanol–water partition coefficient (Wildman–Crippen LogP) is 2.40. The maximum absolute atomic E-state index is 13.3. The molecule has 1 aliphatic heterocycles. The summed E-state index contributed by atoms with van der Waals surface area (Å²) in [5, 5.41) is 0. The van der Waals surface area contributed by atoms with Crippen LogP contribution in [0, 0.1) is 5.82 Å². The zero-order chi connectivity index (χ0) is 21.8. The van der Waals surface area contributed by atoms with Crippen LogP contribution < -0.4 is 0 Å². The van der Waals surface area contributed by atoms with Crippen LogP contribution in [0.3, 0.4) is 0 Å². The van der Waals surface area contributed by atoms with Gasteiger partial charge in [-0.05, 0) is 36.8 Å². The highest BCUT2D eigenvalue weighted by Gasteiger charge is 2.35. The highest BCUT2D eigenvalue weighted by molar-refractivity contribution is 6.21. The quantitative estimate of drug-likeness (QED) is 0.515. The number of fused-ring (bicyclic) bond motifs is 1. The lowest BCUT2D eigenvalue weighted by molar-refractivity contribution is -0.158. The number of esters is 1. The Hall–Kier alpha value is -3.55. The number of halogens is 1.